The van der Waals surface area contributed by atoms with Crippen molar-refractivity contribution in [3.63, 3.8) is 0 Å². The molecule has 0 radical (unpaired) electrons. The summed E-state index contributed by atoms with van der Waals surface area (Å²) < 4.78 is 34.3. The largest absolute Gasteiger partial charge is 0.377 e. The van der Waals surface area contributed by atoms with E-state index in [0.717, 1.165) is 62.2 Å². The van der Waals surface area contributed by atoms with Gasteiger partial charge in [0.25, 0.3) is 0 Å². The van der Waals surface area contributed by atoms with Gasteiger partial charge in [0.1, 0.15) is 6.04 Å². The maximum absolute atomic E-state index is 13.6. The lowest BCUT2D eigenvalue weighted by molar-refractivity contribution is -0.136. The maximum Gasteiger partial charge on any atom is 0.244 e. The summed E-state index contributed by atoms with van der Waals surface area (Å²) in [7, 11) is -3.72. The van der Waals surface area contributed by atoms with E-state index in [1.54, 1.807) is 0 Å². The molecular weight excluding hydrogens is 414 g/mol. The third-order valence-electron chi connectivity index (χ3n) is 6.83. The number of amides is 1. The van der Waals surface area contributed by atoms with Gasteiger partial charge in [-0.25, -0.2) is 8.42 Å². The summed E-state index contributed by atoms with van der Waals surface area (Å²) in [5.41, 5.74) is 2.54. The topological polar surface area (TPSA) is 70.2 Å². The van der Waals surface area contributed by atoms with Crippen molar-refractivity contribution in [2.45, 2.75) is 63.5 Å². The zero-order valence-electron chi connectivity index (χ0n) is 19.0. The highest BCUT2D eigenvalue weighted by Gasteiger charge is 2.42. The van der Waals surface area contributed by atoms with Gasteiger partial charge in [-0.05, 0) is 57.6 Å². The van der Waals surface area contributed by atoms with Crippen LogP contribution in [0.5, 0.6) is 0 Å². The summed E-state index contributed by atoms with van der Waals surface area (Å²) in [6.45, 7) is 10.8. The van der Waals surface area contributed by atoms with Crippen molar-refractivity contribution in [2.75, 3.05) is 45.9 Å². The molecule has 3 fully saturated rings. The second-order valence-electron chi connectivity index (χ2n) is 9.26. The molecule has 172 valence electrons. The van der Waals surface area contributed by atoms with Crippen LogP contribution in [0.2, 0.25) is 0 Å². The Morgan fingerprint density at radius 2 is 1.68 bits per heavy atom. The standard InChI is InChI=1S/C23H35N3O4S/c1-17-14-18(2)22(19(3)15-17)31(28,29)26-8-4-7-21(26)23(27)25-11-9-24(10-12-25)16-20-6-5-13-30-20/h14-15,20-21H,4-13,16H2,1-3H3. The highest BCUT2D eigenvalue weighted by molar-refractivity contribution is 7.89. The average molecular weight is 450 g/mol. The molecule has 1 aromatic carbocycles. The quantitative estimate of drug-likeness (QED) is 0.689. The van der Waals surface area contributed by atoms with Gasteiger partial charge in [-0.15, -0.1) is 0 Å². The van der Waals surface area contributed by atoms with E-state index in [-0.39, 0.29) is 5.91 Å². The van der Waals surface area contributed by atoms with E-state index in [2.05, 4.69) is 4.90 Å². The Balaban J connectivity index is 1.44. The monoisotopic (exact) mass is 449 g/mol. The van der Waals surface area contributed by atoms with Gasteiger partial charge in [0.15, 0.2) is 0 Å². The molecule has 1 aromatic rings. The van der Waals surface area contributed by atoms with Gasteiger partial charge in [0.05, 0.1) is 11.0 Å². The minimum atomic E-state index is -3.72. The predicted octanol–water partition coefficient (Wildman–Crippen LogP) is 2.09. The summed E-state index contributed by atoms with van der Waals surface area (Å²) in [5.74, 6) is -0.0414. The van der Waals surface area contributed by atoms with Gasteiger partial charge < -0.3 is 9.64 Å². The Morgan fingerprint density at radius 3 is 2.29 bits per heavy atom. The summed E-state index contributed by atoms with van der Waals surface area (Å²) in [5, 5.41) is 0. The number of carbonyl (C=O) groups excluding carboxylic acids is 1. The van der Waals surface area contributed by atoms with Gasteiger partial charge in [0, 0.05) is 45.9 Å². The van der Waals surface area contributed by atoms with Crippen LogP contribution in [0, 0.1) is 20.8 Å². The van der Waals surface area contributed by atoms with E-state index in [4.69, 9.17) is 4.74 Å². The lowest BCUT2D eigenvalue weighted by Gasteiger charge is -2.38. The number of hydrogen-bond donors (Lipinski definition) is 0. The van der Waals surface area contributed by atoms with Crippen molar-refractivity contribution in [1.82, 2.24) is 14.1 Å². The predicted molar refractivity (Wildman–Crippen MR) is 120 cm³/mol. The highest BCUT2D eigenvalue weighted by atomic mass is 32.2. The van der Waals surface area contributed by atoms with Gasteiger partial charge in [-0.2, -0.15) is 4.31 Å². The molecule has 0 aromatic heterocycles. The molecule has 3 saturated heterocycles. The summed E-state index contributed by atoms with van der Waals surface area (Å²) in [4.78, 5) is 17.9. The molecule has 3 heterocycles. The lowest BCUT2D eigenvalue weighted by Crippen LogP contribution is -2.55. The van der Waals surface area contributed by atoms with Crippen molar-refractivity contribution in [3.05, 3.63) is 28.8 Å². The molecule has 4 rings (SSSR count). The highest BCUT2D eigenvalue weighted by Crippen LogP contribution is 2.31. The molecule has 3 aliphatic rings. The second kappa shape index (κ2) is 9.17. The summed E-state index contributed by atoms with van der Waals surface area (Å²) in [6.07, 6.45) is 3.89. The molecule has 0 spiro atoms. The molecule has 7 nitrogen and oxygen atoms in total. The van der Waals surface area contributed by atoms with E-state index >= 15 is 0 Å². The van der Waals surface area contributed by atoms with Crippen LogP contribution in [0.3, 0.4) is 0 Å². The first-order chi connectivity index (χ1) is 14.8. The SMILES string of the molecule is Cc1cc(C)c(S(=O)(=O)N2CCCC2C(=O)N2CCN(CC3CCCO3)CC2)c(C)c1. The fraction of sp³-hybridized carbons (Fsp3) is 0.696. The molecule has 0 saturated carbocycles. The minimum absolute atomic E-state index is 0.0414. The van der Waals surface area contributed by atoms with Crippen LogP contribution in [0.1, 0.15) is 42.4 Å². The Labute approximate surface area is 186 Å². The molecule has 31 heavy (non-hydrogen) atoms. The number of nitrogens with zero attached hydrogens (tertiary/aromatic N) is 3. The van der Waals surface area contributed by atoms with Crippen LogP contribution in [0.25, 0.3) is 0 Å². The van der Waals surface area contributed by atoms with E-state index in [0.29, 0.717) is 37.1 Å². The number of ether oxygens (including phenoxy) is 1. The normalized spacial score (nSPS) is 26.0. The Kier molecular flexibility index (Phi) is 6.72. The molecule has 2 atom stereocenters. The van der Waals surface area contributed by atoms with Crippen LogP contribution in [-0.2, 0) is 19.6 Å². The van der Waals surface area contributed by atoms with E-state index < -0.39 is 16.1 Å². The van der Waals surface area contributed by atoms with E-state index in [1.807, 2.05) is 37.8 Å². The third kappa shape index (κ3) is 4.67. The first-order valence-electron chi connectivity index (χ1n) is 11.5. The summed E-state index contributed by atoms with van der Waals surface area (Å²) >= 11 is 0. The molecular formula is C23H35N3O4S. The summed E-state index contributed by atoms with van der Waals surface area (Å²) in [6, 6.07) is 3.22. The Morgan fingerprint density at radius 1 is 1.00 bits per heavy atom. The van der Waals surface area contributed by atoms with Crippen LogP contribution >= 0.6 is 0 Å². The third-order valence-corrected chi connectivity index (χ3v) is 9.04. The van der Waals surface area contributed by atoms with Gasteiger partial charge in [-0.1, -0.05) is 17.7 Å². The first kappa shape index (κ1) is 22.7. The van der Waals surface area contributed by atoms with E-state index in [1.165, 1.54) is 4.31 Å². The number of sulfonamides is 1. The van der Waals surface area contributed by atoms with E-state index in [9.17, 15) is 13.2 Å². The zero-order valence-corrected chi connectivity index (χ0v) is 19.8. The Hall–Kier alpha value is -1.48. The number of aryl methyl sites for hydroxylation is 3. The van der Waals surface area contributed by atoms with Crippen LogP contribution < -0.4 is 0 Å². The number of benzene rings is 1. The molecule has 0 N–H and O–H groups in total. The average Bonchev–Trinajstić information content (AvgIpc) is 3.39. The fourth-order valence-corrected chi connectivity index (χ4v) is 7.47. The molecule has 0 aliphatic carbocycles. The van der Waals surface area contributed by atoms with Crippen molar-refractivity contribution < 1.29 is 17.9 Å². The van der Waals surface area contributed by atoms with Crippen LogP contribution in [-0.4, -0.2) is 86.5 Å². The first-order valence-corrected chi connectivity index (χ1v) is 12.9. The molecule has 1 amide bonds. The van der Waals surface area contributed by atoms with Gasteiger partial charge in [-0.3, -0.25) is 9.69 Å². The van der Waals surface area contributed by atoms with Crippen molar-refractivity contribution in [3.8, 4) is 0 Å². The number of hydrogen-bond acceptors (Lipinski definition) is 5. The van der Waals surface area contributed by atoms with Crippen molar-refractivity contribution in [1.29, 1.82) is 0 Å². The smallest absolute Gasteiger partial charge is 0.244 e. The number of rotatable bonds is 5. The zero-order chi connectivity index (χ0) is 22.2. The maximum atomic E-state index is 13.6. The molecule has 2 unspecified atom stereocenters. The Bertz CT molecular complexity index is 896. The fourth-order valence-electron chi connectivity index (χ4n) is 5.40. The lowest BCUT2D eigenvalue weighted by atomic mass is 10.1. The molecule has 0 bridgehead atoms. The van der Waals surface area contributed by atoms with Gasteiger partial charge >= 0.3 is 0 Å². The van der Waals surface area contributed by atoms with Crippen LogP contribution in [0.15, 0.2) is 17.0 Å². The second-order valence-corrected chi connectivity index (χ2v) is 11.1. The minimum Gasteiger partial charge on any atom is -0.377 e. The van der Waals surface area contributed by atoms with Crippen molar-refractivity contribution in [2.24, 2.45) is 0 Å². The molecule has 8 heteroatoms. The van der Waals surface area contributed by atoms with Crippen molar-refractivity contribution >= 4 is 15.9 Å². The van der Waals surface area contributed by atoms with Gasteiger partial charge in [0.2, 0.25) is 15.9 Å². The number of carbonyl (C=O) groups is 1. The molecule has 3 aliphatic heterocycles. The number of piperazine rings is 1. The van der Waals surface area contributed by atoms with Crippen LogP contribution in [0.4, 0.5) is 0 Å².